The van der Waals surface area contributed by atoms with Crippen molar-refractivity contribution in [1.82, 2.24) is 0 Å². The molecule has 0 radical (unpaired) electrons. The van der Waals surface area contributed by atoms with Crippen molar-refractivity contribution >= 4 is 5.97 Å². The SMILES string of the molecule is C=C(C)C(=O)OC1(C(C)C)CCCc2ccc(F)cc21. The van der Waals surface area contributed by atoms with Crippen molar-refractivity contribution in [2.75, 3.05) is 0 Å². The molecule has 0 spiro atoms. The van der Waals surface area contributed by atoms with E-state index in [0.717, 1.165) is 30.4 Å². The van der Waals surface area contributed by atoms with Gasteiger partial charge in [-0.05, 0) is 49.8 Å². The topological polar surface area (TPSA) is 26.3 Å². The van der Waals surface area contributed by atoms with Gasteiger partial charge in [0.25, 0.3) is 0 Å². The predicted octanol–water partition coefficient (Wildman–Crippen LogP) is 4.13. The molecule has 0 aromatic heterocycles. The average Bonchev–Trinajstić information content (AvgIpc) is 2.38. The third-order valence-electron chi connectivity index (χ3n) is 4.08. The molecular formula is C17H21FO2. The first-order valence-electron chi connectivity index (χ1n) is 7.04. The smallest absolute Gasteiger partial charge is 0.334 e. The van der Waals surface area contributed by atoms with Crippen LogP contribution in [0.1, 0.15) is 44.7 Å². The number of esters is 1. The Morgan fingerprint density at radius 2 is 2.15 bits per heavy atom. The monoisotopic (exact) mass is 276 g/mol. The number of hydrogen-bond donors (Lipinski definition) is 0. The van der Waals surface area contributed by atoms with Gasteiger partial charge in [-0.2, -0.15) is 0 Å². The second-order valence-corrected chi connectivity index (χ2v) is 5.87. The molecule has 1 aromatic carbocycles. The van der Waals surface area contributed by atoms with Crippen molar-refractivity contribution in [3.05, 3.63) is 47.3 Å². The molecule has 0 heterocycles. The lowest BCUT2D eigenvalue weighted by Crippen LogP contribution is -2.41. The summed E-state index contributed by atoms with van der Waals surface area (Å²) in [5.41, 5.74) is 1.51. The van der Waals surface area contributed by atoms with Crippen LogP contribution in [0.5, 0.6) is 0 Å². The predicted molar refractivity (Wildman–Crippen MR) is 76.8 cm³/mol. The molecular weight excluding hydrogens is 255 g/mol. The van der Waals surface area contributed by atoms with Gasteiger partial charge in [-0.25, -0.2) is 9.18 Å². The highest BCUT2D eigenvalue weighted by atomic mass is 19.1. The van der Waals surface area contributed by atoms with Crippen LogP contribution in [0, 0.1) is 11.7 Å². The quantitative estimate of drug-likeness (QED) is 0.613. The van der Waals surface area contributed by atoms with E-state index >= 15 is 0 Å². The van der Waals surface area contributed by atoms with E-state index in [1.165, 1.54) is 12.1 Å². The third-order valence-corrected chi connectivity index (χ3v) is 4.08. The van der Waals surface area contributed by atoms with Gasteiger partial charge in [0.2, 0.25) is 0 Å². The molecule has 108 valence electrons. The van der Waals surface area contributed by atoms with Crippen molar-refractivity contribution in [2.45, 2.75) is 45.6 Å². The van der Waals surface area contributed by atoms with Crippen LogP contribution in [-0.4, -0.2) is 5.97 Å². The Kier molecular flexibility index (Phi) is 3.98. The van der Waals surface area contributed by atoms with E-state index < -0.39 is 11.6 Å². The van der Waals surface area contributed by atoms with Gasteiger partial charge in [-0.3, -0.25) is 0 Å². The fourth-order valence-corrected chi connectivity index (χ4v) is 2.91. The minimum Gasteiger partial charge on any atom is -0.451 e. The maximum Gasteiger partial charge on any atom is 0.334 e. The van der Waals surface area contributed by atoms with E-state index in [4.69, 9.17) is 4.74 Å². The maximum absolute atomic E-state index is 13.6. The van der Waals surface area contributed by atoms with Crippen LogP contribution in [-0.2, 0) is 21.6 Å². The summed E-state index contributed by atoms with van der Waals surface area (Å²) in [5, 5.41) is 0. The minimum atomic E-state index is -0.744. The number of hydrogen-bond acceptors (Lipinski definition) is 2. The van der Waals surface area contributed by atoms with E-state index in [0.29, 0.717) is 5.57 Å². The number of ether oxygens (including phenoxy) is 1. The van der Waals surface area contributed by atoms with Crippen LogP contribution in [0.15, 0.2) is 30.4 Å². The van der Waals surface area contributed by atoms with Crippen LogP contribution in [0.4, 0.5) is 4.39 Å². The highest BCUT2D eigenvalue weighted by Crippen LogP contribution is 2.44. The fraction of sp³-hybridized carbons (Fsp3) is 0.471. The first-order valence-corrected chi connectivity index (χ1v) is 7.04. The van der Waals surface area contributed by atoms with E-state index in [1.807, 2.05) is 13.8 Å². The van der Waals surface area contributed by atoms with E-state index in [-0.39, 0.29) is 11.7 Å². The summed E-state index contributed by atoms with van der Waals surface area (Å²) in [4.78, 5) is 12.0. The van der Waals surface area contributed by atoms with Crippen molar-refractivity contribution in [2.24, 2.45) is 5.92 Å². The molecule has 0 fully saturated rings. The van der Waals surface area contributed by atoms with E-state index in [9.17, 15) is 9.18 Å². The van der Waals surface area contributed by atoms with Gasteiger partial charge in [0.05, 0.1) is 0 Å². The van der Waals surface area contributed by atoms with Gasteiger partial charge < -0.3 is 4.74 Å². The molecule has 0 saturated heterocycles. The zero-order valence-electron chi connectivity index (χ0n) is 12.3. The minimum absolute atomic E-state index is 0.0756. The van der Waals surface area contributed by atoms with Crippen LogP contribution in [0.2, 0.25) is 0 Å². The van der Waals surface area contributed by atoms with Crippen LogP contribution >= 0.6 is 0 Å². The first-order chi connectivity index (χ1) is 9.36. The fourth-order valence-electron chi connectivity index (χ4n) is 2.91. The van der Waals surface area contributed by atoms with Crippen molar-refractivity contribution < 1.29 is 13.9 Å². The zero-order valence-corrected chi connectivity index (χ0v) is 12.3. The van der Waals surface area contributed by atoms with E-state index in [1.54, 1.807) is 13.0 Å². The molecule has 3 heteroatoms. The normalized spacial score (nSPS) is 21.4. The summed E-state index contributed by atoms with van der Waals surface area (Å²) in [6, 6.07) is 4.78. The molecule has 0 bridgehead atoms. The Morgan fingerprint density at radius 1 is 1.45 bits per heavy atom. The number of aryl methyl sites for hydroxylation is 1. The second-order valence-electron chi connectivity index (χ2n) is 5.87. The van der Waals surface area contributed by atoms with Gasteiger partial charge in [-0.15, -0.1) is 0 Å². The Balaban J connectivity index is 2.52. The summed E-state index contributed by atoms with van der Waals surface area (Å²) in [6.45, 7) is 9.28. The molecule has 20 heavy (non-hydrogen) atoms. The van der Waals surface area contributed by atoms with Gasteiger partial charge in [0, 0.05) is 11.1 Å². The summed E-state index contributed by atoms with van der Waals surface area (Å²) in [5.74, 6) is -0.621. The zero-order chi connectivity index (χ0) is 14.9. The molecule has 1 atom stereocenters. The molecule has 1 aliphatic carbocycles. The van der Waals surface area contributed by atoms with Crippen molar-refractivity contribution in [3.8, 4) is 0 Å². The highest BCUT2D eigenvalue weighted by molar-refractivity contribution is 5.87. The molecule has 0 N–H and O–H groups in total. The lowest BCUT2D eigenvalue weighted by molar-refractivity contribution is -0.164. The van der Waals surface area contributed by atoms with Gasteiger partial charge in [0.1, 0.15) is 11.4 Å². The molecule has 1 aliphatic rings. The lowest BCUT2D eigenvalue weighted by Gasteiger charge is -2.41. The number of rotatable bonds is 3. The molecule has 1 aromatic rings. The molecule has 2 nitrogen and oxygen atoms in total. The molecule has 0 amide bonds. The van der Waals surface area contributed by atoms with Crippen molar-refractivity contribution in [3.63, 3.8) is 0 Å². The second kappa shape index (κ2) is 5.39. The maximum atomic E-state index is 13.6. The Morgan fingerprint density at radius 3 is 2.75 bits per heavy atom. The molecule has 0 saturated carbocycles. The molecule has 1 unspecified atom stereocenters. The Hall–Kier alpha value is -1.64. The lowest BCUT2D eigenvalue weighted by atomic mass is 9.72. The van der Waals surface area contributed by atoms with E-state index in [2.05, 4.69) is 6.58 Å². The Labute approximate surface area is 119 Å². The van der Waals surface area contributed by atoms with Gasteiger partial charge >= 0.3 is 5.97 Å². The summed E-state index contributed by atoms with van der Waals surface area (Å²) in [6.07, 6.45) is 2.55. The number of halogens is 1. The number of benzene rings is 1. The van der Waals surface area contributed by atoms with Crippen LogP contribution < -0.4 is 0 Å². The Bertz CT molecular complexity index is 548. The van der Waals surface area contributed by atoms with Crippen molar-refractivity contribution in [1.29, 1.82) is 0 Å². The third kappa shape index (κ3) is 2.49. The standard InChI is InChI=1S/C17H21FO2/c1-11(2)16(19)20-17(12(3)4)9-5-6-13-7-8-14(18)10-15(13)17/h7-8,10,12H,1,5-6,9H2,2-4H3. The number of carbonyl (C=O) groups is 1. The van der Waals surface area contributed by atoms with Crippen LogP contribution in [0.25, 0.3) is 0 Å². The summed E-state index contributed by atoms with van der Waals surface area (Å²) >= 11 is 0. The molecule has 2 rings (SSSR count). The number of fused-ring (bicyclic) bond motifs is 1. The summed E-state index contributed by atoms with van der Waals surface area (Å²) in [7, 11) is 0. The first kappa shape index (κ1) is 14.8. The van der Waals surface area contributed by atoms with Gasteiger partial charge in [-0.1, -0.05) is 26.5 Å². The number of carbonyl (C=O) groups excluding carboxylic acids is 1. The highest BCUT2D eigenvalue weighted by Gasteiger charge is 2.43. The van der Waals surface area contributed by atoms with Gasteiger partial charge in [0.15, 0.2) is 0 Å². The largest absolute Gasteiger partial charge is 0.451 e. The van der Waals surface area contributed by atoms with Crippen LogP contribution in [0.3, 0.4) is 0 Å². The average molecular weight is 276 g/mol. The summed E-state index contributed by atoms with van der Waals surface area (Å²) < 4.78 is 19.4. The molecule has 0 aliphatic heterocycles.